The van der Waals surface area contributed by atoms with Gasteiger partial charge in [-0.1, -0.05) is 6.07 Å². The van der Waals surface area contributed by atoms with Crippen LogP contribution in [0.2, 0.25) is 0 Å². The van der Waals surface area contributed by atoms with E-state index in [1.54, 1.807) is 9.80 Å². The molecule has 3 saturated heterocycles. The molecule has 0 bridgehead atoms. The second kappa shape index (κ2) is 6.30. The van der Waals surface area contributed by atoms with Gasteiger partial charge < -0.3 is 20.4 Å². The van der Waals surface area contributed by atoms with Crippen LogP contribution in [-0.2, 0) is 9.59 Å². The first-order chi connectivity index (χ1) is 12.4. The predicted octanol–water partition coefficient (Wildman–Crippen LogP) is 1.40. The van der Waals surface area contributed by atoms with E-state index in [1.165, 1.54) is 0 Å². The zero-order valence-corrected chi connectivity index (χ0v) is 15.1. The molecule has 3 aliphatic heterocycles. The molecule has 2 N–H and O–H groups in total. The van der Waals surface area contributed by atoms with Crippen LogP contribution < -0.4 is 10.6 Å². The van der Waals surface area contributed by atoms with Crippen LogP contribution in [0.3, 0.4) is 0 Å². The lowest BCUT2D eigenvalue weighted by atomic mass is 10.1. The highest BCUT2D eigenvalue weighted by molar-refractivity contribution is 5.98. The van der Waals surface area contributed by atoms with E-state index in [1.807, 2.05) is 32.0 Å². The summed E-state index contributed by atoms with van der Waals surface area (Å²) in [6, 6.07) is 4.63. The number of benzene rings is 1. The van der Waals surface area contributed by atoms with E-state index in [2.05, 4.69) is 10.6 Å². The van der Waals surface area contributed by atoms with Crippen molar-refractivity contribution in [3.8, 4) is 0 Å². The molecule has 3 heterocycles. The van der Waals surface area contributed by atoms with Gasteiger partial charge in [-0.3, -0.25) is 9.59 Å². The molecule has 3 aliphatic rings. The molecule has 3 fully saturated rings. The van der Waals surface area contributed by atoms with Crippen LogP contribution in [-0.4, -0.2) is 58.9 Å². The summed E-state index contributed by atoms with van der Waals surface area (Å²) in [6.07, 6.45) is 2.12. The SMILES string of the molecule is Cc1cc(C)cc(NC(=O)N[C@H]2C[C@H]3C(=O)N4CCC[C@@H]4C(=O)N3C2)c1. The number of hydrogen-bond donors (Lipinski definition) is 2. The average Bonchev–Trinajstić information content (AvgIpc) is 3.18. The minimum Gasteiger partial charge on any atom is -0.333 e. The summed E-state index contributed by atoms with van der Waals surface area (Å²) in [5.74, 6) is 0.0669. The van der Waals surface area contributed by atoms with Crippen LogP contribution in [0.4, 0.5) is 10.5 Å². The monoisotopic (exact) mass is 356 g/mol. The van der Waals surface area contributed by atoms with Gasteiger partial charge in [0.15, 0.2) is 0 Å². The van der Waals surface area contributed by atoms with E-state index in [9.17, 15) is 14.4 Å². The zero-order valence-electron chi connectivity index (χ0n) is 15.1. The van der Waals surface area contributed by atoms with Crippen molar-refractivity contribution in [2.24, 2.45) is 0 Å². The summed E-state index contributed by atoms with van der Waals surface area (Å²) in [7, 11) is 0. The quantitative estimate of drug-likeness (QED) is 0.840. The first kappa shape index (κ1) is 16.9. The largest absolute Gasteiger partial charge is 0.333 e. The molecule has 138 valence electrons. The number of urea groups is 1. The number of nitrogens with zero attached hydrogens (tertiary/aromatic N) is 2. The molecule has 7 nitrogen and oxygen atoms in total. The fraction of sp³-hybridized carbons (Fsp3) is 0.526. The smallest absolute Gasteiger partial charge is 0.319 e. The van der Waals surface area contributed by atoms with E-state index >= 15 is 0 Å². The molecule has 0 aliphatic carbocycles. The third-order valence-electron chi connectivity index (χ3n) is 5.50. The van der Waals surface area contributed by atoms with E-state index in [0.717, 1.165) is 29.7 Å². The van der Waals surface area contributed by atoms with Crippen LogP contribution in [0.25, 0.3) is 0 Å². The Morgan fingerprint density at radius 3 is 2.46 bits per heavy atom. The van der Waals surface area contributed by atoms with Gasteiger partial charge in [-0.25, -0.2) is 4.79 Å². The van der Waals surface area contributed by atoms with Gasteiger partial charge in [-0.15, -0.1) is 0 Å². The van der Waals surface area contributed by atoms with Crippen LogP contribution >= 0.6 is 0 Å². The molecule has 0 radical (unpaired) electrons. The van der Waals surface area contributed by atoms with Gasteiger partial charge in [0, 0.05) is 18.8 Å². The highest BCUT2D eigenvalue weighted by Gasteiger charge is 2.51. The van der Waals surface area contributed by atoms with E-state index in [0.29, 0.717) is 19.5 Å². The first-order valence-electron chi connectivity index (χ1n) is 9.19. The number of aryl methyl sites for hydroxylation is 2. The van der Waals surface area contributed by atoms with Crippen molar-refractivity contribution in [3.63, 3.8) is 0 Å². The van der Waals surface area contributed by atoms with Gasteiger partial charge in [-0.2, -0.15) is 0 Å². The van der Waals surface area contributed by atoms with Gasteiger partial charge >= 0.3 is 6.03 Å². The number of fused-ring (bicyclic) bond motifs is 2. The molecule has 7 heteroatoms. The summed E-state index contributed by atoms with van der Waals surface area (Å²) >= 11 is 0. The molecule has 1 aromatic rings. The molecule has 1 aromatic carbocycles. The minimum atomic E-state index is -0.427. The average molecular weight is 356 g/mol. The Kier molecular flexibility index (Phi) is 4.09. The Morgan fingerprint density at radius 1 is 1.04 bits per heavy atom. The van der Waals surface area contributed by atoms with E-state index in [-0.39, 0.29) is 29.9 Å². The van der Waals surface area contributed by atoms with Crippen molar-refractivity contribution in [2.75, 3.05) is 18.4 Å². The topological polar surface area (TPSA) is 81.8 Å². The first-order valence-corrected chi connectivity index (χ1v) is 9.19. The number of carbonyl (C=O) groups is 3. The molecule has 0 saturated carbocycles. The molecular formula is C19H24N4O3. The highest BCUT2D eigenvalue weighted by atomic mass is 16.2. The van der Waals surface area contributed by atoms with Crippen molar-refractivity contribution in [1.29, 1.82) is 0 Å². The van der Waals surface area contributed by atoms with Crippen molar-refractivity contribution in [1.82, 2.24) is 15.1 Å². The van der Waals surface area contributed by atoms with Gasteiger partial charge in [0.2, 0.25) is 11.8 Å². The Hall–Kier alpha value is -2.57. The minimum absolute atomic E-state index is 0.0334. The fourth-order valence-electron chi connectivity index (χ4n) is 4.49. The van der Waals surface area contributed by atoms with Gasteiger partial charge in [0.25, 0.3) is 0 Å². The second-order valence-corrected chi connectivity index (χ2v) is 7.60. The summed E-state index contributed by atoms with van der Waals surface area (Å²) in [4.78, 5) is 41.0. The Bertz CT molecular complexity index is 728. The Labute approximate surface area is 152 Å². The lowest BCUT2D eigenvalue weighted by molar-refractivity contribution is -0.156. The highest BCUT2D eigenvalue weighted by Crippen LogP contribution is 2.32. The summed E-state index contributed by atoms with van der Waals surface area (Å²) in [5.41, 5.74) is 2.90. The normalized spacial score (nSPS) is 27.4. The second-order valence-electron chi connectivity index (χ2n) is 7.60. The number of nitrogens with one attached hydrogen (secondary N) is 2. The number of rotatable bonds is 2. The van der Waals surface area contributed by atoms with E-state index < -0.39 is 6.04 Å². The van der Waals surface area contributed by atoms with Crippen molar-refractivity contribution in [3.05, 3.63) is 29.3 Å². The van der Waals surface area contributed by atoms with Crippen LogP contribution in [0, 0.1) is 13.8 Å². The maximum absolute atomic E-state index is 12.6. The Morgan fingerprint density at radius 2 is 1.73 bits per heavy atom. The molecule has 3 atom stereocenters. The van der Waals surface area contributed by atoms with Crippen LogP contribution in [0.15, 0.2) is 18.2 Å². The number of piperazine rings is 1. The summed E-state index contributed by atoms with van der Waals surface area (Å²) in [6.45, 7) is 5.04. The van der Waals surface area contributed by atoms with Crippen molar-refractivity contribution >= 4 is 23.5 Å². The molecule has 0 unspecified atom stereocenters. The lowest BCUT2D eigenvalue weighted by Gasteiger charge is -2.38. The number of hydrogen-bond acceptors (Lipinski definition) is 3. The zero-order chi connectivity index (χ0) is 18.4. The molecule has 4 amide bonds. The summed E-state index contributed by atoms with van der Waals surface area (Å²) < 4.78 is 0. The third kappa shape index (κ3) is 2.91. The van der Waals surface area contributed by atoms with Crippen LogP contribution in [0.5, 0.6) is 0 Å². The van der Waals surface area contributed by atoms with E-state index in [4.69, 9.17) is 0 Å². The number of amides is 4. The maximum Gasteiger partial charge on any atom is 0.319 e. The molecule has 4 rings (SSSR count). The Balaban J connectivity index is 1.40. The molecule has 26 heavy (non-hydrogen) atoms. The van der Waals surface area contributed by atoms with Gasteiger partial charge in [-0.05, 0) is 56.4 Å². The van der Waals surface area contributed by atoms with Gasteiger partial charge in [0.1, 0.15) is 12.1 Å². The number of carbonyl (C=O) groups excluding carboxylic acids is 3. The van der Waals surface area contributed by atoms with Crippen LogP contribution in [0.1, 0.15) is 30.4 Å². The fourth-order valence-corrected chi connectivity index (χ4v) is 4.49. The molecule has 0 aromatic heterocycles. The third-order valence-corrected chi connectivity index (χ3v) is 5.50. The van der Waals surface area contributed by atoms with Crippen molar-refractivity contribution < 1.29 is 14.4 Å². The van der Waals surface area contributed by atoms with Crippen molar-refractivity contribution in [2.45, 2.75) is 51.2 Å². The number of anilines is 1. The standard InChI is InChI=1S/C19H24N4O3/c1-11-6-12(2)8-13(7-11)20-19(26)21-14-9-16-18(25)22-5-3-4-15(22)17(24)23(16)10-14/h6-8,14-16H,3-5,9-10H2,1-2H3,(H2,20,21,26)/t14-,15+,16-/m0/s1. The maximum atomic E-state index is 12.6. The van der Waals surface area contributed by atoms with Gasteiger partial charge in [0.05, 0.1) is 6.04 Å². The molecule has 0 spiro atoms. The molecular weight excluding hydrogens is 332 g/mol. The summed E-state index contributed by atoms with van der Waals surface area (Å²) in [5, 5.41) is 5.76. The predicted molar refractivity (Wildman–Crippen MR) is 96.7 cm³/mol. The lowest BCUT2D eigenvalue weighted by Crippen LogP contribution is -2.60.